The minimum atomic E-state index is 0. The third-order valence-electron chi connectivity index (χ3n) is 4.16. The van der Waals surface area contributed by atoms with Crippen LogP contribution < -0.4 is 21.5 Å². The molecule has 22 heavy (non-hydrogen) atoms. The fourth-order valence-corrected chi connectivity index (χ4v) is 2.99. The molecule has 110 valence electrons. The van der Waals surface area contributed by atoms with E-state index < -0.39 is 0 Å². The first kappa shape index (κ1) is 14.8. The second-order valence-electron chi connectivity index (χ2n) is 5.47. The molecular weight excluding hydrogens is 336 g/mol. The molecule has 0 radical (unpaired) electrons. The fraction of sp³-hybridized carbons (Fsp3) is 0.105. The summed E-state index contributed by atoms with van der Waals surface area (Å²) >= 11 is 0. The number of fused-ring (bicyclic) bond motifs is 3. The van der Waals surface area contributed by atoms with Gasteiger partial charge in [0.2, 0.25) is 5.69 Å². The average molecular weight is 353 g/mol. The number of hydrogen-bond acceptors (Lipinski definition) is 0. The van der Waals surface area contributed by atoms with Gasteiger partial charge in [-0.2, -0.15) is 4.57 Å². The van der Waals surface area contributed by atoms with E-state index in [0.29, 0.717) is 0 Å². The molecular formula is C19H17BrN2. The molecule has 2 aromatic heterocycles. The largest absolute Gasteiger partial charge is 1.00 e. The Kier molecular flexibility index (Phi) is 3.99. The van der Waals surface area contributed by atoms with Crippen LogP contribution in [0.25, 0.3) is 21.8 Å². The molecule has 0 saturated carbocycles. The molecule has 1 N–H and O–H groups in total. The smallest absolute Gasteiger partial charge is 0.202 e. The second-order valence-corrected chi connectivity index (χ2v) is 5.47. The SMILES string of the molecule is Cc1c2[nH]c3ccccc3c2cc[n+]1Cc1ccccc1.[Br-]. The number of aryl methyl sites for hydroxylation is 1. The molecule has 0 aliphatic heterocycles. The fourth-order valence-electron chi connectivity index (χ4n) is 2.99. The van der Waals surface area contributed by atoms with Crippen molar-refractivity contribution < 1.29 is 21.5 Å². The van der Waals surface area contributed by atoms with Gasteiger partial charge in [0.15, 0.2) is 12.7 Å². The highest BCUT2D eigenvalue weighted by Gasteiger charge is 2.14. The average Bonchev–Trinajstić information content (AvgIpc) is 2.91. The molecule has 0 bridgehead atoms. The van der Waals surface area contributed by atoms with Crippen molar-refractivity contribution in [1.29, 1.82) is 0 Å². The Morgan fingerprint density at radius 1 is 0.864 bits per heavy atom. The van der Waals surface area contributed by atoms with Crippen molar-refractivity contribution in [3.8, 4) is 0 Å². The Morgan fingerprint density at radius 3 is 2.41 bits per heavy atom. The zero-order valence-corrected chi connectivity index (χ0v) is 14.0. The number of nitrogens with zero attached hydrogens (tertiary/aromatic N) is 1. The van der Waals surface area contributed by atoms with Crippen LogP contribution in [0.5, 0.6) is 0 Å². The summed E-state index contributed by atoms with van der Waals surface area (Å²) in [4.78, 5) is 3.55. The first-order valence-corrected chi connectivity index (χ1v) is 7.26. The molecule has 0 atom stereocenters. The van der Waals surface area contributed by atoms with E-state index in [0.717, 1.165) is 6.54 Å². The molecule has 3 heteroatoms. The summed E-state index contributed by atoms with van der Waals surface area (Å²) in [5, 5.41) is 2.59. The van der Waals surface area contributed by atoms with Gasteiger partial charge in [-0.1, -0.05) is 48.5 Å². The number of nitrogens with one attached hydrogen (secondary N) is 1. The van der Waals surface area contributed by atoms with Gasteiger partial charge in [-0.3, -0.25) is 0 Å². The predicted molar refractivity (Wildman–Crippen MR) is 86.3 cm³/mol. The van der Waals surface area contributed by atoms with Crippen LogP contribution in [0.15, 0.2) is 66.9 Å². The molecule has 4 rings (SSSR count). The number of pyridine rings is 1. The maximum Gasteiger partial charge on any atom is 0.202 e. The van der Waals surface area contributed by atoms with Crippen LogP contribution in [-0.2, 0) is 6.54 Å². The van der Waals surface area contributed by atoms with Gasteiger partial charge in [-0.25, -0.2) is 0 Å². The predicted octanol–water partition coefficient (Wildman–Crippen LogP) is 0.969. The van der Waals surface area contributed by atoms with Crippen LogP contribution in [0.2, 0.25) is 0 Å². The van der Waals surface area contributed by atoms with Crippen LogP contribution in [-0.4, -0.2) is 4.98 Å². The number of para-hydroxylation sites is 1. The van der Waals surface area contributed by atoms with E-state index in [9.17, 15) is 0 Å². The minimum Gasteiger partial charge on any atom is -1.00 e. The molecule has 4 aromatic rings. The summed E-state index contributed by atoms with van der Waals surface area (Å²) in [5.41, 5.74) is 5.02. The summed E-state index contributed by atoms with van der Waals surface area (Å²) in [7, 11) is 0. The van der Waals surface area contributed by atoms with Gasteiger partial charge in [-0.05, 0) is 6.07 Å². The zero-order valence-electron chi connectivity index (χ0n) is 12.4. The maximum absolute atomic E-state index is 3.55. The van der Waals surface area contributed by atoms with E-state index in [2.05, 4.69) is 83.3 Å². The lowest BCUT2D eigenvalue weighted by molar-refractivity contribution is -0.693. The van der Waals surface area contributed by atoms with Crippen molar-refractivity contribution in [2.75, 3.05) is 0 Å². The Morgan fingerprint density at radius 2 is 1.59 bits per heavy atom. The summed E-state index contributed by atoms with van der Waals surface area (Å²) in [6.07, 6.45) is 2.19. The Labute approximate surface area is 140 Å². The lowest BCUT2D eigenvalue weighted by Crippen LogP contribution is -3.00. The Bertz CT molecular complexity index is 926. The third-order valence-corrected chi connectivity index (χ3v) is 4.16. The number of aromatic nitrogens is 2. The molecule has 0 amide bonds. The highest BCUT2D eigenvalue weighted by Crippen LogP contribution is 2.25. The van der Waals surface area contributed by atoms with Gasteiger partial charge in [0.1, 0.15) is 5.52 Å². The molecule has 0 saturated heterocycles. The van der Waals surface area contributed by atoms with E-state index in [-0.39, 0.29) is 17.0 Å². The van der Waals surface area contributed by atoms with Crippen molar-refractivity contribution >= 4 is 21.8 Å². The Hall–Kier alpha value is -2.13. The van der Waals surface area contributed by atoms with Crippen molar-refractivity contribution in [2.45, 2.75) is 13.5 Å². The third kappa shape index (κ3) is 2.42. The van der Waals surface area contributed by atoms with Gasteiger partial charge in [0.05, 0.1) is 0 Å². The number of aromatic amines is 1. The van der Waals surface area contributed by atoms with Crippen molar-refractivity contribution in [1.82, 2.24) is 4.98 Å². The first-order valence-electron chi connectivity index (χ1n) is 7.26. The normalized spacial score (nSPS) is 10.8. The lowest BCUT2D eigenvalue weighted by atomic mass is 10.1. The first-order chi connectivity index (χ1) is 10.3. The van der Waals surface area contributed by atoms with Crippen LogP contribution in [0.3, 0.4) is 0 Å². The van der Waals surface area contributed by atoms with Gasteiger partial charge in [0, 0.05) is 34.8 Å². The highest BCUT2D eigenvalue weighted by atomic mass is 79.9. The van der Waals surface area contributed by atoms with Crippen LogP contribution >= 0.6 is 0 Å². The van der Waals surface area contributed by atoms with E-state index >= 15 is 0 Å². The number of rotatable bonds is 2. The number of halogens is 1. The second kappa shape index (κ2) is 5.93. The van der Waals surface area contributed by atoms with Crippen LogP contribution in [0.1, 0.15) is 11.3 Å². The molecule has 0 aliphatic rings. The minimum absolute atomic E-state index is 0. The zero-order chi connectivity index (χ0) is 14.2. The molecule has 0 unspecified atom stereocenters. The monoisotopic (exact) mass is 352 g/mol. The number of hydrogen-bond donors (Lipinski definition) is 1. The quantitative estimate of drug-likeness (QED) is 0.518. The molecule has 0 spiro atoms. The molecule has 2 nitrogen and oxygen atoms in total. The molecule has 0 aliphatic carbocycles. The molecule has 0 fully saturated rings. The number of benzene rings is 2. The Balaban J connectivity index is 0.00000144. The summed E-state index contributed by atoms with van der Waals surface area (Å²) in [5.74, 6) is 0. The van der Waals surface area contributed by atoms with Gasteiger partial charge < -0.3 is 22.0 Å². The molecule has 2 aromatic carbocycles. The topological polar surface area (TPSA) is 19.7 Å². The maximum atomic E-state index is 3.55. The van der Waals surface area contributed by atoms with Gasteiger partial charge in [-0.15, -0.1) is 0 Å². The van der Waals surface area contributed by atoms with E-state index in [4.69, 9.17) is 0 Å². The summed E-state index contributed by atoms with van der Waals surface area (Å²) in [6, 6.07) is 21.3. The van der Waals surface area contributed by atoms with Gasteiger partial charge >= 0.3 is 0 Å². The van der Waals surface area contributed by atoms with Gasteiger partial charge in [0.25, 0.3) is 0 Å². The summed E-state index contributed by atoms with van der Waals surface area (Å²) in [6.45, 7) is 3.08. The van der Waals surface area contributed by atoms with E-state index in [1.807, 2.05) is 0 Å². The lowest BCUT2D eigenvalue weighted by Gasteiger charge is -2.02. The van der Waals surface area contributed by atoms with Crippen LogP contribution in [0, 0.1) is 6.92 Å². The van der Waals surface area contributed by atoms with E-state index in [1.54, 1.807) is 0 Å². The van der Waals surface area contributed by atoms with Crippen molar-refractivity contribution in [3.05, 3.63) is 78.1 Å². The highest BCUT2D eigenvalue weighted by molar-refractivity contribution is 6.07. The van der Waals surface area contributed by atoms with Crippen molar-refractivity contribution in [2.24, 2.45) is 0 Å². The van der Waals surface area contributed by atoms with E-state index in [1.165, 1.54) is 33.1 Å². The standard InChI is InChI=1S/C19H16N2.BrH/c1-14-19-17(16-9-5-6-10-18(16)20-19)11-12-21(14)13-15-7-3-2-4-8-15;/h2-12H,13H2,1H3;1H. The molecule has 2 heterocycles. The van der Waals surface area contributed by atoms with Crippen molar-refractivity contribution in [3.63, 3.8) is 0 Å². The van der Waals surface area contributed by atoms with Crippen LogP contribution in [0.4, 0.5) is 0 Å². The summed E-state index contributed by atoms with van der Waals surface area (Å²) < 4.78 is 2.30. The number of H-pyrrole nitrogens is 1.